The highest BCUT2D eigenvalue weighted by Crippen LogP contribution is 2.18. The van der Waals surface area contributed by atoms with E-state index in [0.717, 1.165) is 17.1 Å². The minimum Gasteiger partial charge on any atom is -0.468 e. The molecule has 0 spiro atoms. The fraction of sp³-hybridized carbons (Fsp3) is 0.417. The zero-order valence-corrected chi connectivity index (χ0v) is 13.3. The number of ether oxygens (including phenoxy) is 1. The first-order chi connectivity index (χ1) is 8.77. The summed E-state index contributed by atoms with van der Waals surface area (Å²) in [5.41, 5.74) is 0.809. The van der Waals surface area contributed by atoms with Crippen molar-refractivity contribution in [2.45, 2.75) is 25.1 Å². The molecule has 0 radical (unpaired) electrons. The van der Waals surface area contributed by atoms with E-state index < -0.39 is 27.3 Å². The molecule has 0 bridgehead atoms. The number of benzene rings is 1. The lowest BCUT2D eigenvalue weighted by Gasteiger charge is -2.17. The monoisotopic (exact) mass is 349 g/mol. The normalized spacial score (nSPS) is 14.7. The number of sulfonamides is 1. The zero-order valence-electron chi connectivity index (χ0n) is 10.9. The fourth-order valence-corrected chi connectivity index (χ4v) is 2.91. The molecule has 0 fully saturated rings. The number of nitrogens with one attached hydrogen (secondary N) is 1. The van der Waals surface area contributed by atoms with Gasteiger partial charge in [-0.2, -0.15) is 0 Å². The second-order valence-electron chi connectivity index (χ2n) is 4.10. The molecule has 2 unspecified atom stereocenters. The van der Waals surface area contributed by atoms with Gasteiger partial charge in [0.05, 0.1) is 7.11 Å². The van der Waals surface area contributed by atoms with Crippen LogP contribution in [0, 0.1) is 0 Å². The molecule has 0 aliphatic heterocycles. The van der Waals surface area contributed by atoms with Crippen molar-refractivity contribution in [2.24, 2.45) is 0 Å². The molecule has 0 saturated heterocycles. The van der Waals surface area contributed by atoms with E-state index in [9.17, 15) is 13.2 Å². The molecule has 0 saturated carbocycles. The molecule has 5 nitrogen and oxygen atoms in total. The summed E-state index contributed by atoms with van der Waals surface area (Å²) in [7, 11) is -2.61. The highest BCUT2D eigenvalue weighted by Gasteiger charge is 2.30. The predicted octanol–water partition coefficient (Wildman–Crippen LogP) is 1.99. The Balaban J connectivity index is 2.83. The molecule has 1 aromatic carbocycles. The Bertz CT molecular complexity index is 541. The number of carbonyl (C=O) groups is 1. The average molecular weight is 350 g/mol. The highest BCUT2D eigenvalue weighted by molar-refractivity contribution is 9.10. The first-order valence-electron chi connectivity index (χ1n) is 5.62. The van der Waals surface area contributed by atoms with Gasteiger partial charge in [0.25, 0.3) is 0 Å². The summed E-state index contributed by atoms with van der Waals surface area (Å²) in [5, 5.41) is -1.24. The lowest BCUT2D eigenvalue weighted by molar-refractivity contribution is -0.139. The fourth-order valence-electron chi connectivity index (χ4n) is 1.46. The summed E-state index contributed by atoms with van der Waals surface area (Å²) in [4.78, 5) is 11.3. The summed E-state index contributed by atoms with van der Waals surface area (Å²) in [6.07, 6.45) is 0. The Morgan fingerprint density at radius 2 is 1.79 bits per heavy atom. The lowest BCUT2D eigenvalue weighted by atomic mass is 10.1. The van der Waals surface area contributed by atoms with E-state index in [1.54, 1.807) is 19.1 Å². The van der Waals surface area contributed by atoms with Crippen LogP contribution in [0.2, 0.25) is 0 Å². The van der Waals surface area contributed by atoms with Crippen molar-refractivity contribution in [3.05, 3.63) is 34.3 Å². The van der Waals surface area contributed by atoms with Crippen LogP contribution >= 0.6 is 15.9 Å². The van der Waals surface area contributed by atoms with Gasteiger partial charge >= 0.3 is 5.97 Å². The van der Waals surface area contributed by atoms with Crippen LogP contribution in [0.1, 0.15) is 25.5 Å². The third kappa shape index (κ3) is 4.29. The first kappa shape index (κ1) is 16.1. The second kappa shape index (κ2) is 6.49. The molecule has 0 heterocycles. The third-order valence-corrected chi connectivity index (χ3v) is 5.04. The topological polar surface area (TPSA) is 72.5 Å². The number of halogens is 1. The summed E-state index contributed by atoms with van der Waals surface area (Å²) in [6.45, 7) is 3.01. The van der Waals surface area contributed by atoms with Gasteiger partial charge in [0.1, 0.15) is 0 Å². The van der Waals surface area contributed by atoms with Crippen LogP contribution in [0.4, 0.5) is 0 Å². The van der Waals surface area contributed by atoms with E-state index in [0.29, 0.717) is 0 Å². The molecule has 2 atom stereocenters. The van der Waals surface area contributed by atoms with Crippen LogP contribution in [-0.4, -0.2) is 26.7 Å². The van der Waals surface area contributed by atoms with E-state index in [-0.39, 0.29) is 0 Å². The van der Waals surface area contributed by atoms with Gasteiger partial charge < -0.3 is 4.74 Å². The van der Waals surface area contributed by atoms with E-state index in [2.05, 4.69) is 25.4 Å². The number of esters is 1. The summed E-state index contributed by atoms with van der Waals surface area (Å²) in [6, 6.07) is 6.83. The molecule has 1 aromatic rings. The maximum Gasteiger partial charge on any atom is 0.325 e. The first-order valence-corrected chi connectivity index (χ1v) is 7.96. The lowest BCUT2D eigenvalue weighted by Crippen LogP contribution is -2.39. The Morgan fingerprint density at radius 3 is 2.26 bits per heavy atom. The van der Waals surface area contributed by atoms with Crippen molar-refractivity contribution in [1.82, 2.24) is 4.72 Å². The molecule has 0 aromatic heterocycles. The number of rotatable bonds is 5. The Hall–Kier alpha value is -0.920. The van der Waals surface area contributed by atoms with E-state index in [1.807, 2.05) is 12.1 Å². The van der Waals surface area contributed by atoms with Crippen LogP contribution in [0.15, 0.2) is 28.7 Å². The van der Waals surface area contributed by atoms with Crippen molar-refractivity contribution in [1.29, 1.82) is 0 Å². The molecular formula is C12H16BrNO4S. The second-order valence-corrected chi connectivity index (χ2v) is 7.05. The van der Waals surface area contributed by atoms with Gasteiger partial charge in [-0.15, -0.1) is 0 Å². The van der Waals surface area contributed by atoms with Gasteiger partial charge in [-0.25, -0.2) is 13.1 Å². The van der Waals surface area contributed by atoms with E-state index in [4.69, 9.17) is 0 Å². The Morgan fingerprint density at radius 1 is 1.26 bits per heavy atom. The van der Waals surface area contributed by atoms with Crippen molar-refractivity contribution < 1.29 is 17.9 Å². The predicted molar refractivity (Wildman–Crippen MR) is 76.1 cm³/mol. The smallest absolute Gasteiger partial charge is 0.325 e. The van der Waals surface area contributed by atoms with Gasteiger partial charge in [-0.1, -0.05) is 28.1 Å². The largest absolute Gasteiger partial charge is 0.468 e. The molecular weight excluding hydrogens is 334 g/mol. The van der Waals surface area contributed by atoms with Gasteiger partial charge in [-0.3, -0.25) is 4.79 Å². The SMILES string of the molecule is COC(=O)C(C)S(=O)(=O)NC(C)c1ccc(Br)cc1. The zero-order chi connectivity index (χ0) is 14.6. The van der Waals surface area contributed by atoms with Crippen LogP contribution in [0.3, 0.4) is 0 Å². The number of hydrogen-bond acceptors (Lipinski definition) is 4. The summed E-state index contributed by atoms with van der Waals surface area (Å²) < 4.78 is 31.7. The molecule has 0 aliphatic carbocycles. The van der Waals surface area contributed by atoms with Gasteiger partial charge in [0.15, 0.2) is 5.25 Å². The highest BCUT2D eigenvalue weighted by atomic mass is 79.9. The minimum absolute atomic E-state index is 0.426. The maximum atomic E-state index is 12.0. The summed E-state index contributed by atoms with van der Waals surface area (Å²) >= 11 is 3.31. The average Bonchev–Trinajstić information content (AvgIpc) is 2.37. The molecule has 1 N–H and O–H groups in total. The Labute approximate surface area is 121 Å². The number of carbonyl (C=O) groups excluding carboxylic acids is 1. The van der Waals surface area contributed by atoms with Gasteiger partial charge in [-0.05, 0) is 31.5 Å². The number of hydrogen-bond donors (Lipinski definition) is 1. The third-order valence-electron chi connectivity index (χ3n) is 2.71. The maximum absolute atomic E-state index is 12.0. The molecule has 106 valence electrons. The standard InChI is InChI=1S/C12H16BrNO4S/c1-8(10-4-6-11(13)7-5-10)14-19(16,17)9(2)12(15)18-3/h4-9,14H,1-3H3. The van der Waals surface area contributed by atoms with Crippen molar-refractivity contribution in [2.75, 3.05) is 7.11 Å². The van der Waals surface area contributed by atoms with Crippen molar-refractivity contribution in [3.8, 4) is 0 Å². The van der Waals surface area contributed by atoms with Crippen LogP contribution in [0.5, 0.6) is 0 Å². The number of methoxy groups -OCH3 is 1. The molecule has 0 amide bonds. The van der Waals surface area contributed by atoms with Crippen LogP contribution < -0.4 is 4.72 Å². The quantitative estimate of drug-likeness (QED) is 0.825. The summed E-state index contributed by atoms with van der Waals surface area (Å²) in [5.74, 6) is -0.782. The minimum atomic E-state index is -3.77. The van der Waals surface area contributed by atoms with Gasteiger partial charge in [0.2, 0.25) is 10.0 Å². The molecule has 7 heteroatoms. The van der Waals surface area contributed by atoms with Crippen molar-refractivity contribution >= 4 is 31.9 Å². The molecule has 19 heavy (non-hydrogen) atoms. The van der Waals surface area contributed by atoms with Crippen molar-refractivity contribution in [3.63, 3.8) is 0 Å². The van der Waals surface area contributed by atoms with Crippen LogP contribution in [-0.2, 0) is 19.6 Å². The molecule has 1 rings (SSSR count). The molecule has 0 aliphatic rings. The Kier molecular flexibility index (Phi) is 5.51. The van der Waals surface area contributed by atoms with Crippen LogP contribution in [0.25, 0.3) is 0 Å². The van der Waals surface area contributed by atoms with E-state index >= 15 is 0 Å². The van der Waals surface area contributed by atoms with Gasteiger partial charge in [0, 0.05) is 10.5 Å². The van der Waals surface area contributed by atoms with E-state index in [1.165, 1.54) is 6.92 Å².